The molecule has 19 heteroatoms. The van der Waals surface area contributed by atoms with Crippen LogP contribution in [0.4, 0.5) is 0 Å². The van der Waals surface area contributed by atoms with E-state index in [1.165, 1.54) is 6.92 Å². The van der Waals surface area contributed by atoms with Gasteiger partial charge in [-0.2, -0.15) is 0 Å². The minimum absolute atomic E-state index is 0.286. The summed E-state index contributed by atoms with van der Waals surface area (Å²) < 4.78 is 38.1. The van der Waals surface area contributed by atoms with Crippen molar-refractivity contribution >= 4 is 0 Å². The zero-order chi connectivity index (χ0) is 31.7. The first-order valence-corrected chi connectivity index (χ1v) is 13.8. The van der Waals surface area contributed by atoms with E-state index in [0.29, 0.717) is 0 Å². The Morgan fingerprint density at radius 1 is 0.535 bits per heavy atom. The van der Waals surface area contributed by atoms with Crippen molar-refractivity contribution < 1.29 is 94.4 Å². The Kier molecular flexibility index (Phi) is 12.1. The molecule has 19 nitrogen and oxygen atoms in total. The van der Waals surface area contributed by atoms with E-state index in [-0.39, 0.29) is 6.61 Å². The quantitative estimate of drug-likeness (QED) is 0.112. The van der Waals surface area contributed by atoms with Crippen LogP contribution in [0.3, 0.4) is 0 Å². The van der Waals surface area contributed by atoms with Crippen LogP contribution in [0.25, 0.3) is 0 Å². The maximum atomic E-state index is 10.8. The maximum absolute atomic E-state index is 10.8. The summed E-state index contributed by atoms with van der Waals surface area (Å²) in [6.45, 7) is -0.781. The number of aliphatic hydroxyl groups excluding tert-OH is 12. The number of rotatable bonds is 9. The highest BCUT2D eigenvalue weighted by atomic mass is 16.8. The molecule has 0 saturated carbocycles. The van der Waals surface area contributed by atoms with E-state index in [1.54, 1.807) is 0 Å². The molecule has 43 heavy (non-hydrogen) atoms. The maximum Gasteiger partial charge on any atom is 0.187 e. The van der Waals surface area contributed by atoms with Gasteiger partial charge >= 0.3 is 0 Å². The Hall–Kier alpha value is -0.760. The third-order valence-electron chi connectivity index (χ3n) is 8.06. The predicted octanol–water partition coefficient (Wildman–Crippen LogP) is -8.04. The molecular formula is C24H42O19. The Morgan fingerprint density at radius 3 is 1.67 bits per heavy atom. The first kappa shape index (κ1) is 35.1. The smallest absolute Gasteiger partial charge is 0.187 e. The molecule has 4 saturated heterocycles. The van der Waals surface area contributed by atoms with Gasteiger partial charge in [0.25, 0.3) is 0 Å². The molecule has 0 aliphatic carbocycles. The minimum Gasteiger partial charge on any atom is -0.394 e. The summed E-state index contributed by atoms with van der Waals surface area (Å²) in [4.78, 5) is 0. The van der Waals surface area contributed by atoms with Crippen molar-refractivity contribution in [3.8, 4) is 0 Å². The van der Waals surface area contributed by atoms with Gasteiger partial charge in [-0.15, -0.1) is 0 Å². The molecular weight excluding hydrogens is 592 g/mol. The highest BCUT2D eigenvalue weighted by Crippen LogP contribution is 2.32. The lowest BCUT2D eigenvalue weighted by molar-refractivity contribution is -0.370. The van der Waals surface area contributed by atoms with Gasteiger partial charge in [-0.05, 0) is 6.92 Å². The minimum atomic E-state index is -1.87. The van der Waals surface area contributed by atoms with Crippen LogP contribution in [0.5, 0.6) is 0 Å². The number of aliphatic hydroxyl groups is 12. The van der Waals surface area contributed by atoms with Gasteiger partial charge in [-0.1, -0.05) is 0 Å². The van der Waals surface area contributed by atoms with Crippen molar-refractivity contribution in [2.75, 3.05) is 26.4 Å². The number of ether oxygens (including phenoxy) is 7. The lowest BCUT2D eigenvalue weighted by Gasteiger charge is -2.47. The second kappa shape index (κ2) is 14.8. The van der Waals surface area contributed by atoms with Gasteiger partial charge in [-0.25, -0.2) is 0 Å². The average Bonchev–Trinajstić information content (AvgIpc) is 2.98. The van der Waals surface area contributed by atoms with Crippen LogP contribution < -0.4 is 0 Å². The molecule has 252 valence electrons. The van der Waals surface area contributed by atoms with Crippen LogP contribution in [0.15, 0.2) is 0 Å². The molecule has 0 spiro atoms. The lowest BCUT2D eigenvalue weighted by atomic mass is 9.96. The van der Waals surface area contributed by atoms with E-state index in [0.717, 1.165) is 0 Å². The molecule has 0 bridgehead atoms. The van der Waals surface area contributed by atoms with Crippen molar-refractivity contribution in [1.29, 1.82) is 0 Å². The van der Waals surface area contributed by atoms with Crippen LogP contribution in [-0.4, -0.2) is 204 Å². The zero-order valence-corrected chi connectivity index (χ0v) is 23.0. The van der Waals surface area contributed by atoms with Crippen LogP contribution in [0.2, 0.25) is 0 Å². The van der Waals surface area contributed by atoms with Gasteiger partial charge in [-0.3, -0.25) is 0 Å². The Morgan fingerprint density at radius 2 is 1.05 bits per heavy atom. The third kappa shape index (κ3) is 7.30. The second-order valence-corrected chi connectivity index (χ2v) is 11.0. The Labute approximate surface area is 244 Å². The van der Waals surface area contributed by atoms with Gasteiger partial charge in [0.2, 0.25) is 0 Å². The van der Waals surface area contributed by atoms with E-state index in [4.69, 9.17) is 33.2 Å². The first-order valence-electron chi connectivity index (χ1n) is 13.8. The van der Waals surface area contributed by atoms with E-state index in [2.05, 4.69) is 0 Å². The molecule has 4 heterocycles. The summed E-state index contributed by atoms with van der Waals surface area (Å²) in [5.41, 5.74) is 0. The Balaban J connectivity index is 1.38. The number of hydrogen-bond donors (Lipinski definition) is 12. The Bertz CT molecular complexity index is 868. The van der Waals surface area contributed by atoms with Crippen LogP contribution >= 0.6 is 0 Å². The molecule has 0 unspecified atom stereocenters. The predicted molar refractivity (Wildman–Crippen MR) is 131 cm³/mol. The fourth-order valence-corrected chi connectivity index (χ4v) is 5.36. The van der Waals surface area contributed by atoms with Crippen LogP contribution in [-0.2, 0) is 33.2 Å². The summed E-state index contributed by atoms with van der Waals surface area (Å²) in [6, 6.07) is 0. The number of hydrogen-bond acceptors (Lipinski definition) is 19. The van der Waals surface area contributed by atoms with Gasteiger partial charge in [0.1, 0.15) is 91.6 Å². The van der Waals surface area contributed by atoms with E-state index >= 15 is 0 Å². The first-order chi connectivity index (χ1) is 20.3. The summed E-state index contributed by atoms with van der Waals surface area (Å²) in [7, 11) is 0. The highest BCUT2D eigenvalue weighted by molar-refractivity contribution is 4.95. The fourth-order valence-electron chi connectivity index (χ4n) is 5.36. The summed E-state index contributed by atoms with van der Waals surface area (Å²) >= 11 is 0. The van der Waals surface area contributed by atoms with Crippen molar-refractivity contribution in [2.45, 2.75) is 123 Å². The van der Waals surface area contributed by atoms with E-state index < -0.39 is 136 Å². The van der Waals surface area contributed by atoms with E-state index in [9.17, 15) is 61.3 Å². The van der Waals surface area contributed by atoms with Crippen molar-refractivity contribution in [2.24, 2.45) is 0 Å². The largest absolute Gasteiger partial charge is 0.394 e. The zero-order valence-electron chi connectivity index (χ0n) is 23.0. The molecule has 0 amide bonds. The van der Waals surface area contributed by atoms with Crippen LogP contribution in [0.1, 0.15) is 6.92 Å². The summed E-state index contributed by atoms with van der Waals surface area (Å²) in [6.07, 6.45) is -29.6. The fraction of sp³-hybridized carbons (Fsp3) is 1.00. The van der Waals surface area contributed by atoms with Crippen molar-refractivity contribution in [3.05, 3.63) is 0 Å². The molecule has 4 fully saturated rings. The SMILES string of the molecule is C[C@@H]1O[C@@H](O[C@H]2[C@@H](O)[C@@H](CO)OC[C@@H]2O)[C@H](O)[C@H](O)[C@H]1O[C@@H]1O[C@H](CO[C@H]2O[C@H](CO)[C@H](O)[C@H](O)[C@H]2O)[C@@H](O)[C@H](O)[C@@H]1O. The molecule has 19 atom stereocenters. The third-order valence-corrected chi connectivity index (χ3v) is 8.06. The normalized spacial score (nSPS) is 53.1. The monoisotopic (exact) mass is 634 g/mol. The van der Waals surface area contributed by atoms with Gasteiger partial charge in [0.15, 0.2) is 18.9 Å². The molecule has 0 radical (unpaired) electrons. The van der Waals surface area contributed by atoms with Crippen molar-refractivity contribution in [3.63, 3.8) is 0 Å². The highest BCUT2D eigenvalue weighted by Gasteiger charge is 2.52. The molecule has 0 aromatic carbocycles. The molecule has 4 aliphatic heterocycles. The summed E-state index contributed by atoms with van der Waals surface area (Å²) in [5.74, 6) is 0. The van der Waals surface area contributed by atoms with Gasteiger partial charge < -0.3 is 94.4 Å². The van der Waals surface area contributed by atoms with Crippen LogP contribution in [0, 0.1) is 0 Å². The summed E-state index contributed by atoms with van der Waals surface area (Å²) in [5, 5.41) is 122. The lowest BCUT2D eigenvalue weighted by Crippen LogP contribution is -2.65. The second-order valence-electron chi connectivity index (χ2n) is 11.0. The molecule has 0 aromatic heterocycles. The van der Waals surface area contributed by atoms with E-state index in [1.807, 2.05) is 0 Å². The molecule has 4 rings (SSSR count). The standard InChI is InChI=1S/C24H42O19/c1-6-20(16(33)19(36)23(39-6)43-21-7(27)4-37-8(2-25)13(21)30)42-24-18(35)15(32)12(29)10(41-24)5-38-22-17(34)14(31)11(28)9(3-26)40-22/h6-36H,2-5H2,1H3/t6-,7-,8+,9+,10+,11-,12+,13-,14-,15-,16-,17+,18-,19+,20-,21+,22-,23-,24-/m0/s1. The molecule has 4 aliphatic rings. The van der Waals surface area contributed by atoms with Crippen molar-refractivity contribution in [1.82, 2.24) is 0 Å². The molecule has 0 aromatic rings. The topological polar surface area (TPSA) is 307 Å². The average molecular weight is 635 g/mol. The van der Waals surface area contributed by atoms with Gasteiger partial charge in [0.05, 0.1) is 32.5 Å². The van der Waals surface area contributed by atoms with Gasteiger partial charge in [0, 0.05) is 0 Å². The molecule has 12 N–H and O–H groups in total.